The normalized spacial score (nSPS) is 17.2. The van der Waals surface area contributed by atoms with Gasteiger partial charge in [0.05, 0.1) is 16.6 Å². The molecule has 1 N–H and O–H groups in total. The standard InChI is InChI=1S/C31H36Cl3N3O/c1-2-3-4-5-6-7-8-9-13-29(38)37-16-14-31(15-17-37)21-24-19-26(33)27(34)20-28(24)36-30(31)35-22-23-11-10-12-25(32)18-23/h1,10-12,18-20H,3-9,13-17,21-22H2,(H,35,36). The van der Waals surface area contributed by atoms with Gasteiger partial charge in [0.15, 0.2) is 0 Å². The van der Waals surface area contributed by atoms with Gasteiger partial charge in [0.25, 0.3) is 0 Å². The van der Waals surface area contributed by atoms with Crippen LogP contribution >= 0.6 is 34.8 Å². The van der Waals surface area contributed by atoms with Gasteiger partial charge in [0, 0.05) is 42.1 Å². The van der Waals surface area contributed by atoms with E-state index in [2.05, 4.69) is 11.2 Å². The molecule has 1 spiro atoms. The number of piperidine rings is 1. The number of nitrogens with one attached hydrogen (secondary N) is 1. The molecule has 0 aromatic heterocycles. The summed E-state index contributed by atoms with van der Waals surface area (Å²) in [6.45, 7) is 2.01. The van der Waals surface area contributed by atoms with Crippen molar-refractivity contribution in [2.45, 2.75) is 77.2 Å². The maximum Gasteiger partial charge on any atom is 0.222 e. The Bertz CT molecular complexity index is 1200. The zero-order valence-corrected chi connectivity index (χ0v) is 24.1. The molecule has 2 aromatic carbocycles. The van der Waals surface area contributed by atoms with E-state index >= 15 is 0 Å². The molecule has 1 fully saturated rings. The number of anilines is 1. The van der Waals surface area contributed by atoms with Crippen molar-refractivity contribution in [3.05, 3.63) is 62.6 Å². The van der Waals surface area contributed by atoms with Gasteiger partial charge in [0.1, 0.15) is 5.84 Å². The number of hydrogen-bond acceptors (Lipinski definition) is 2. The van der Waals surface area contributed by atoms with Crippen molar-refractivity contribution in [2.75, 3.05) is 18.4 Å². The van der Waals surface area contributed by atoms with Crippen molar-refractivity contribution in [2.24, 2.45) is 10.4 Å². The van der Waals surface area contributed by atoms with E-state index in [1.165, 1.54) is 19.3 Å². The summed E-state index contributed by atoms with van der Waals surface area (Å²) in [5, 5.41) is 5.37. The lowest BCUT2D eigenvalue weighted by molar-refractivity contribution is -0.133. The second kappa shape index (κ2) is 13.7. The number of carbonyl (C=O) groups excluding carboxylic acids is 1. The molecule has 2 aromatic rings. The number of aliphatic imine (C=N–C) groups is 1. The van der Waals surface area contributed by atoms with Crippen LogP contribution in [0, 0.1) is 17.8 Å². The molecular weight excluding hydrogens is 537 g/mol. The summed E-state index contributed by atoms with van der Waals surface area (Å²) < 4.78 is 0. The fourth-order valence-electron chi connectivity index (χ4n) is 5.54. The molecule has 2 aliphatic rings. The molecule has 1 amide bonds. The Morgan fingerprint density at radius 3 is 2.45 bits per heavy atom. The number of rotatable bonds is 10. The van der Waals surface area contributed by atoms with Gasteiger partial charge in [0.2, 0.25) is 5.91 Å². The van der Waals surface area contributed by atoms with Crippen LogP contribution in [-0.2, 0) is 17.8 Å². The molecule has 1 saturated heterocycles. The monoisotopic (exact) mass is 571 g/mol. The van der Waals surface area contributed by atoms with Gasteiger partial charge < -0.3 is 10.2 Å². The Morgan fingerprint density at radius 1 is 1.00 bits per heavy atom. The van der Waals surface area contributed by atoms with Crippen LogP contribution < -0.4 is 5.32 Å². The van der Waals surface area contributed by atoms with E-state index in [-0.39, 0.29) is 11.3 Å². The summed E-state index contributed by atoms with van der Waals surface area (Å²) in [7, 11) is 0. The number of nitrogens with zero attached hydrogens (tertiary/aromatic N) is 2. The average molecular weight is 573 g/mol. The molecule has 2 aliphatic heterocycles. The lowest BCUT2D eigenvalue weighted by atomic mass is 9.70. The number of benzene rings is 2. The first-order chi connectivity index (χ1) is 18.4. The number of likely N-dealkylation sites (tertiary alicyclic amines) is 1. The minimum absolute atomic E-state index is 0.169. The van der Waals surface area contributed by atoms with Crippen LogP contribution in [0.25, 0.3) is 0 Å². The molecule has 38 heavy (non-hydrogen) atoms. The van der Waals surface area contributed by atoms with Crippen LogP contribution in [0.3, 0.4) is 0 Å². The van der Waals surface area contributed by atoms with Gasteiger partial charge >= 0.3 is 0 Å². The van der Waals surface area contributed by atoms with Crippen molar-refractivity contribution in [3.8, 4) is 12.3 Å². The maximum atomic E-state index is 13.0. The largest absolute Gasteiger partial charge is 0.343 e. The van der Waals surface area contributed by atoms with Gasteiger partial charge in [-0.2, -0.15) is 0 Å². The zero-order valence-electron chi connectivity index (χ0n) is 21.9. The second-order valence-corrected chi connectivity index (χ2v) is 11.8. The Hall–Kier alpha value is -2.19. The zero-order chi connectivity index (χ0) is 27.0. The molecule has 0 aliphatic carbocycles. The third-order valence-corrected chi connectivity index (χ3v) is 8.73. The fraction of sp³-hybridized carbons (Fsp3) is 0.484. The van der Waals surface area contributed by atoms with E-state index in [4.69, 9.17) is 46.2 Å². The molecular formula is C31H36Cl3N3O. The number of carbonyl (C=O) groups is 1. The summed E-state index contributed by atoms with van der Waals surface area (Å²) in [6.07, 6.45) is 16.0. The van der Waals surface area contributed by atoms with E-state index in [1.54, 1.807) is 0 Å². The minimum atomic E-state index is -0.169. The number of amides is 1. The summed E-state index contributed by atoms with van der Waals surface area (Å²) in [4.78, 5) is 20.0. The number of amidine groups is 1. The van der Waals surface area contributed by atoms with Crippen LogP contribution in [0.5, 0.6) is 0 Å². The molecule has 0 bridgehead atoms. The first-order valence-corrected chi connectivity index (χ1v) is 14.8. The number of halogens is 3. The molecule has 0 unspecified atom stereocenters. The lowest BCUT2D eigenvalue weighted by Gasteiger charge is -2.45. The van der Waals surface area contributed by atoms with Gasteiger partial charge in [-0.05, 0) is 67.5 Å². The number of terminal acetylenes is 1. The van der Waals surface area contributed by atoms with E-state index in [0.717, 1.165) is 80.7 Å². The highest BCUT2D eigenvalue weighted by molar-refractivity contribution is 6.42. The van der Waals surface area contributed by atoms with Crippen LogP contribution in [0.1, 0.15) is 75.3 Å². The summed E-state index contributed by atoms with van der Waals surface area (Å²) in [5.41, 5.74) is 2.99. The van der Waals surface area contributed by atoms with Gasteiger partial charge in [-0.1, -0.05) is 72.6 Å². The first kappa shape index (κ1) is 28.8. The molecule has 4 rings (SSSR count). The molecule has 7 heteroatoms. The Labute approximate surface area is 242 Å². The summed E-state index contributed by atoms with van der Waals surface area (Å²) in [5.74, 6) is 3.92. The highest BCUT2D eigenvalue weighted by Gasteiger charge is 2.43. The van der Waals surface area contributed by atoms with E-state index in [9.17, 15) is 4.79 Å². The quantitative estimate of drug-likeness (QED) is 0.229. The average Bonchev–Trinajstić information content (AvgIpc) is 2.90. The molecule has 0 saturated carbocycles. The van der Waals surface area contributed by atoms with Crippen LogP contribution in [-0.4, -0.2) is 29.7 Å². The van der Waals surface area contributed by atoms with Crippen molar-refractivity contribution in [1.29, 1.82) is 0 Å². The van der Waals surface area contributed by atoms with Crippen LogP contribution in [0.15, 0.2) is 41.4 Å². The third kappa shape index (κ3) is 7.47. The third-order valence-electron chi connectivity index (χ3n) is 7.77. The van der Waals surface area contributed by atoms with E-state index in [0.29, 0.717) is 28.0 Å². The minimum Gasteiger partial charge on any atom is -0.343 e. The van der Waals surface area contributed by atoms with Gasteiger partial charge in [-0.3, -0.25) is 9.79 Å². The predicted molar refractivity (Wildman–Crippen MR) is 160 cm³/mol. The number of fused-ring (bicyclic) bond motifs is 1. The van der Waals surface area contributed by atoms with Crippen LogP contribution in [0.4, 0.5) is 5.69 Å². The molecule has 0 radical (unpaired) electrons. The van der Waals surface area contributed by atoms with E-state index in [1.807, 2.05) is 41.3 Å². The topological polar surface area (TPSA) is 44.7 Å². The fourth-order valence-corrected chi connectivity index (χ4v) is 6.10. The summed E-state index contributed by atoms with van der Waals surface area (Å²) >= 11 is 18.9. The molecule has 4 nitrogen and oxygen atoms in total. The Balaban J connectivity index is 1.39. The first-order valence-electron chi connectivity index (χ1n) is 13.7. The summed E-state index contributed by atoms with van der Waals surface area (Å²) in [6, 6.07) is 11.6. The van der Waals surface area contributed by atoms with Gasteiger partial charge in [-0.15, -0.1) is 12.3 Å². The lowest BCUT2D eigenvalue weighted by Crippen LogP contribution is -2.51. The van der Waals surface area contributed by atoms with Crippen LogP contribution in [0.2, 0.25) is 15.1 Å². The smallest absolute Gasteiger partial charge is 0.222 e. The Morgan fingerprint density at radius 2 is 1.71 bits per heavy atom. The molecule has 2 heterocycles. The molecule has 202 valence electrons. The maximum absolute atomic E-state index is 13.0. The van der Waals surface area contributed by atoms with Crippen molar-refractivity contribution < 1.29 is 4.79 Å². The predicted octanol–water partition coefficient (Wildman–Crippen LogP) is 8.58. The highest BCUT2D eigenvalue weighted by atomic mass is 35.5. The van der Waals surface area contributed by atoms with Crippen molar-refractivity contribution in [3.63, 3.8) is 0 Å². The Kier molecular flexibility index (Phi) is 10.4. The van der Waals surface area contributed by atoms with Gasteiger partial charge in [-0.25, -0.2) is 0 Å². The highest BCUT2D eigenvalue weighted by Crippen LogP contribution is 2.44. The SMILES string of the molecule is C#CCCCCCCCCC(=O)N1CCC2(CC1)Cc1cc(Cl)c(Cl)cc1NC2=NCc1cccc(Cl)c1. The van der Waals surface area contributed by atoms with Crippen molar-refractivity contribution in [1.82, 2.24) is 4.90 Å². The van der Waals surface area contributed by atoms with Crippen molar-refractivity contribution >= 4 is 52.2 Å². The number of hydrogen-bond donors (Lipinski definition) is 1. The van der Waals surface area contributed by atoms with E-state index < -0.39 is 0 Å². The molecule has 0 atom stereocenters. The second-order valence-electron chi connectivity index (χ2n) is 10.5. The number of unbranched alkanes of at least 4 members (excludes halogenated alkanes) is 6.